The van der Waals surface area contributed by atoms with Crippen LogP contribution in [0, 0.1) is 22.7 Å². The van der Waals surface area contributed by atoms with Crippen LogP contribution in [0.25, 0.3) is 162 Å². The predicted octanol–water partition coefficient (Wildman–Crippen LogP) is 22.3. The van der Waals surface area contributed by atoms with E-state index in [4.69, 9.17) is 34.6 Å². The Kier molecular flexibility index (Phi) is 14.0. The summed E-state index contributed by atoms with van der Waals surface area (Å²) in [5.74, 6) is 3.97. The van der Waals surface area contributed by atoms with Gasteiger partial charge in [0.25, 0.3) is 0 Å². The predicted molar refractivity (Wildman–Crippen MR) is 418 cm³/mol. The van der Waals surface area contributed by atoms with E-state index in [0.717, 1.165) is 111 Å². The van der Waals surface area contributed by atoms with E-state index in [0.29, 0.717) is 68.7 Å². The van der Waals surface area contributed by atoms with Gasteiger partial charge in [-0.25, -0.2) is 29.9 Å². The Balaban J connectivity index is 0.738. The Morgan fingerprint density at radius 3 is 1.02 bits per heavy atom. The van der Waals surface area contributed by atoms with Gasteiger partial charge in [0.15, 0.2) is 46.4 Å². The summed E-state index contributed by atoms with van der Waals surface area (Å²) in [6.07, 6.45) is 0. The summed E-state index contributed by atoms with van der Waals surface area (Å²) < 4.78 is 13.5. The van der Waals surface area contributed by atoms with E-state index in [2.05, 4.69) is 188 Å². The van der Waals surface area contributed by atoms with E-state index < -0.39 is 0 Å². The van der Waals surface area contributed by atoms with E-state index in [1.54, 1.807) is 0 Å². The Hall–Kier alpha value is -14.9. The Labute approximate surface area is 601 Å². The highest BCUT2D eigenvalue weighted by molar-refractivity contribution is 6.14. The molecule has 1 aliphatic heterocycles. The Morgan fingerprint density at radius 2 is 0.581 bits per heavy atom. The van der Waals surface area contributed by atoms with E-state index in [9.17, 15) is 10.5 Å². The van der Waals surface area contributed by atoms with Gasteiger partial charge in [-0.2, -0.15) is 10.5 Å². The van der Waals surface area contributed by atoms with Gasteiger partial charge in [-0.15, -0.1) is 0 Å². The maximum Gasteiger partial charge on any atom is 0.166 e. The number of anilines is 3. The molecule has 0 unspecified atom stereocenters. The smallest absolute Gasteiger partial charge is 0.166 e. The second kappa shape index (κ2) is 24.5. The van der Waals surface area contributed by atoms with Crippen molar-refractivity contribution in [2.24, 2.45) is 0 Å². The van der Waals surface area contributed by atoms with Crippen LogP contribution in [0.3, 0.4) is 0 Å². The van der Waals surface area contributed by atoms with E-state index in [1.807, 2.05) is 170 Å². The van der Waals surface area contributed by atoms with Crippen LogP contribution in [-0.2, 0) is 0 Å². The molecule has 0 fully saturated rings. The SMILES string of the molecule is N#Cc1ccc(N2c3ccccc3Oc3ccccc32)c(-c2nc(-c3ccccc3)nc(-c3cccc(-c4cccc(-c5nc(-c6ccccc6)nc(-c6cc(C#N)ccc6-n6c7ccc(-n8c9ccccc9c9ccccc98)cc7c7cc(-n8c9ccccc9c9ccccc98)ccc76)n5)c4)c3)n2)c1. The largest absolute Gasteiger partial charge is 0.453 e. The lowest BCUT2D eigenvalue weighted by atomic mass is 10.00. The normalized spacial score (nSPS) is 11.8. The van der Waals surface area contributed by atoms with Gasteiger partial charge in [0.2, 0.25) is 0 Å². The number of para-hydroxylation sites is 8. The zero-order chi connectivity index (χ0) is 69.6. The summed E-state index contributed by atoms with van der Waals surface area (Å²) in [6.45, 7) is 0. The van der Waals surface area contributed by atoms with Crippen molar-refractivity contribution in [2.45, 2.75) is 0 Å². The first kappa shape index (κ1) is 60.1. The molecule has 0 saturated carbocycles. The van der Waals surface area contributed by atoms with Gasteiger partial charge < -0.3 is 23.3 Å². The summed E-state index contributed by atoms with van der Waals surface area (Å²) in [6, 6.07) is 116. The van der Waals surface area contributed by atoms with E-state index in [-0.39, 0.29) is 0 Å². The number of benzene rings is 14. The summed E-state index contributed by atoms with van der Waals surface area (Å²) in [7, 11) is 0. The molecule has 488 valence electrons. The van der Waals surface area contributed by atoms with Crippen molar-refractivity contribution in [3.05, 3.63) is 339 Å². The minimum absolute atomic E-state index is 0.385. The zero-order valence-electron chi connectivity index (χ0n) is 56.0. The molecule has 0 N–H and O–H groups in total. The summed E-state index contributed by atoms with van der Waals surface area (Å²) >= 11 is 0. The van der Waals surface area contributed by atoms with Crippen LogP contribution < -0.4 is 9.64 Å². The van der Waals surface area contributed by atoms with Gasteiger partial charge in [0, 0.05) is 77.1 Å². The average molecular weight is 1340 g/mol. The quantitative estimate of drug-likeness (QED) is 0.122. The Morgan fingerprint density at radius 1 is 0.238 bits per heavy atom. The van der Waals surface area contributed by atoms with Crippen molar-refractivity contribution in [1.29, 1.82) is 10.5 Å². The molecule has 13 heteroatoms. The fraction of sp³-hybridized carbons (Fsp3) is 0. The summed E-state index contributed by atoms with van der Waals surface area (Å²) in [5.41, 5.74) is 18.7. The van der Waals surface area contributed by atoms with Crippen LogP contribution in [0.1, 0.15) is 11.1 Å². The van der Waals surface area contributed by atoms with Crippen molar-refractivity contribution in [3.8, 4) is 120 Å². The Bertz CT molecular complexity index is 6560. The molecule has 6 heterocycles. The number of hydrogen-bond donors (Lipinski definition) is 0. The molecule has 0 atom stereocenters. The second-order valence-electron chi connectivity index (χ2n) is 26.0. The standard InChI is InChI=1S/C92H54N12O/c93-55-57-41-45-81(103-79-47-43-65(101-75-33-11-7-29-67(75)68-30-8-12-34-76(68)101)53-71(79)72-54-66(44-48-80(72)103)102-77-35-13-9-31-69(77)70-32-10-14-36-78(70)102)73(49-57)91-97-87(59-21-3-1-4-22-59)95-89(99-91)63-27-19-25-61(51-63)62-26-20-28-64(52-62)90-96-88(60-23-5-2-6-24-60)98-92(100-90)74-50-58(56-94)42-46-82(74)104-83-37-15-17-39-85(83)105-86-40-18-16-38-84(86)104/h1-54H. The van der Waals surface area contributed by atoms with E-state index >= 15 is 0 Å². The first-order valence-electron chi connectivity index (χ1n) is 34.6. The van der Waals surface area contributed by atoms with Crippen molar-refractivity contribution in [1.82, 2.24) is 43.6 Å². The minimum atomic E-state index is 0.385. The van der Waals surface area contributed by atoms with Crippen LogP contribution >= 0.6 is 0 Å². The molecule has 13 nitrogen and oxygen atoms in total. The number of fused-ring (bicyclic) bond motifs is 11. The molecule has 14 aromatic carbocycles. The number of rotatable bonds is 11. The maximum atomic E-state index is 10.8. The van der Waals surface area contributed by atoms with Crippen LogP contribution in [0.4, 0.5) is 17.1 Å². The van der Waals surface area contributed by atoms with Crippen molar-refractivity contribution in [3.63, 3.8) is 0 Å². The molecular weight excluding hydrogens is 1290 g/mol. The van der Waals surface area contributed by atoms with Crippen molar-refractivity contribution in [2.75, 3.05) is 4.90 Å². The van der Waals surface area contributed by atoms with Gasteiger partial charge in [-0.1, -0.05) is 194 Å². The fourth-order valence-electron chi connectivity index (χ4n) is 15.2. The average Bonchev–Trinajstić information content (AvgIpc) is 1.62. The molecule has 0 saturated heterocycles. The monoisotopic (exact) mass is 1340 g/mol. The van der Waals surface area contributed by atoms with Gasteiger partial charge in [-0.05, 0) is 145 Å². The molecule has 0 spiro atoms. The summed E-state index contributed by atoms with van der Waals surface area (Å²) in [4.78, 5) is 34.0. The van der Waals surface area contributed by atoms with Gasteiger partial charge in [-0.3, -0.25) is 0 Å². The fourth-order valence-corrected chi connectivity index (χ4v) is 15.2. The molecular formula is C92H54N12O. The summed E-state index contributed by atoms with van der Waals surface area (Å²) in [5, 5.41) is 28.1. The van der Waals surface area contributed by atoms with Gasteiger partial charge >= 0.3 is 0 Å². The van der Waals surface area contributed by atoms with Crippen LogP contribution in [0.5, 0.6) is 11.5 Å². The lowest BCUT2D eigenvalue weighted by molar-refractivity contribution is 0.477. The highest BCUT2D eigenvalue weighted by Gasteiger charge is 2.30. The number of hydrogen-bond acceptors (Lipinski definition) is 10. The first-order valence-corrected chi connectivity index (χ1v) is 34.6. The zero-order valence-corrected chi connectivity index (χ0v) is 56.0. The van der Waals surface area contributed by atoms with Gasteiger partial charge in [0.05, 0.1) is 79.1 Å². The van der Waals surface area contributed by atoms with E-state index in [1.165, 1.54) is 21.5 Å². The van der Waals surface area contributed by atoms with Crippen LogP contribution in [0.15, 0.2) is 328 Å². The highest BCUT2D eigenvalue weighted by atomic mass is 16.5. The molecule has 19 aromatic rings. The molecule has 5 aromatic heterocycles. The number of ether oxygens (including phenoxy) is 1. The molecule has 20 rings (SSSR count). The molecule has 0 radical (unpaired) electrons. The lowest BCUT2D eigenvalue weighted by Gasteiger charge is -2.33. The second-order valence-corrected chi connectivity index (χ2v) is 26.0. The van der Waals surface area contributed by atoms with Crippen LogP contribution in [-0.4, -0.2) is 43.6 Å². The maximum absolute atomic E-state index is 10.8. The molecule has 1 aliphatic rings. The minimum Gasteiger partial charge on any atom is -0.453 e. The van der Waals surface area contributed by atoms with Gasteiger partial charge in [0.1, 0.15) is 0 Å². The molecule has 0 aliphatic carbocycles. The number of aromatic nitrogens is 9. The number of nitriles is 2. The van der Waals surface area contributed by atoms with Crippen LogP contribution in [0.2, 0.25) is 0 Å². The molecule has 0 bridgehead atoms. The first-order chi connectivity index (χ1) is 51.9. The van der Waals surface area contributed by atoms with Crippen molar-refractivity contribution < 1.29 is 4.74 Å². The third kappa shape index (κ3) is 10.1. The highest BCUT2D eigenvalue weighted by Crippen LogP contribution is 2.53. The third-order valence-corrected chi connectivity index (χ3v) is 20.0. The molecule has 0 amide bonds. The van der Waals surface area contributed by atoms with Crippen molar-refractivity contribution >= 4 is 82.5 Å². The third-order valence-electron chi connectivity index (χ3n) is 20.0. The molecule has 105 heavy (non-hydrogen) atoms. The topological polar surface area (TPSA) is 152 Å². The lowest BCUT2D eigenvalue weighted by Crippen LogP contribution is -2.17. The number of nitrogens with zero attached hydrogens (tertiary/aromatic N) is 12.